The standard InChI is InChI=1S/C43H45BN2O2/c1-27(2)28-22-37-41-38(23-28)46(31-12-10-9-11-13-31)36-26-40-39(47-20-21-48-40)25-34(36)44(41)33-24-30(43(6,7)8)16-19-35(33)45(37)32-17-14-29(15-18-32)42(3,4)5/h9-19,22-27H,20-21H2,1-8H3. The molecular weight excluding hydrogens is 587 g/mol. The molecule has 0 N–H and O–H groups in total. The molecule has 0 spiro atoms. The summed E-state index contributed by atoms with van der Waals surface area (Å²) in [5, 5.41) is 0. The number of fused-ring (bicyclic) bond motifs is 5. The van der Waals surface area contributed by atoms with E-state index in [1.54, 1.807) is 0 Å². The molecule has 5 heteroatoms. The molecule has 0 saturated heterocycles. The van der Waals surface area contributed by atoms with Gasteiger partial charge < -0.3 is 19.3 Å². The molecule has 0 aliphatic carbocycles. The topological polar surface area (TPSA) is 24.9 Å². The first-order valence-electron chi connectivity index (χ1n) is 17.4. The summed E-state index contributed by atoms with van der Waals surface area (Å²) >= 11 is 0. The van der Waals surface area contributed by atoms with Crippen LogP contribution < -0.4 is 35.7 Å². The highest BCUT2D eigenvalue weighted by Gasteiger charge is 2.45. The maximum atomic E-state index is 6.25. The van der Waals surface area contributed by atoms with Gasteiger partial charge in [0.2, 0.25) is 0 Å². The molecule has 48 heavy (non-hydrogen) atoms. The van der Waals surface area contributed by atoms with Crippen LogP contribution in [0.5, 0.6) is 11.5 Å². The lowest BCUT2D eigenvalue weighted by Crippen LogP contribution is -2.61. The molecule has 0 bridgehead atoms. The van der Waals surface area contributed by atoms with Crippen LogP contribution in [0.2, 0.25) is 0 Å². The molecule has 5 aromatic rings. The molecule has 3 aliphatic heterocycles. The van der Waals surface area contributed by atoms with Gasteiger partial charge in [0.25, 0.3) is 6.71 Å². The lowest BCUT2D eigenvalue weighted by molar-refractivity contribution is 0.172. The van der Waals surface area contributed by atoms with Crippen molar-refractivity contribution < 1.29 is 9.47 Å². The second kappa shape index (κ2) is 10.9. The predicted molar refractivity (Wildman–Crippen MR) is 203 cm³/mol. The molecular formula is C43H45BN2O2. The van der Waals surface area contributed by atoms with E-state index in [0.29, 0.717) is 19.1 Å². The average Bonchev–Trinajstić information content (AvgIpc) is 3.06. The van der Waals surface area contributed by atoms with Gasteiger partial charge in [-0.1, -0.05) is 97.9 Å². The maximum Gasteiger partial charge on any atom is 0.252 e. The fraction of sp³-hybridized carbons (Fsp3) is 0.302. The van der Waals surface area contributed by atoms with Crippen molar-refractivity contribution in [2.24, 2.45) is 0 Å². The summed E-state index contributed by atoms with van der Waals surface area (Å²) in [4.78, 5) is 4.97. The van der Waals surface area contributed by atoms with Crippen LogP contribution in [0.3, 0.4) is 0 Å². The van der Waals surface area contributed by atoms with Gasteiger partial charge in [-0.2, -0.15) is 0 Å². The monoisotopic (exact) mass is 632 g/mol. The SMILES string of the molecule is CC(C)c1cc2c3c(c1)N(c1ccccc1)c1cc4c(cc1B3c1cc(C(C)(C)C)ccc1N2c1ccc(C(C)(C)C)cc1)OCCO4. The van der Waals surface area contributed by atoms with E-state index >= 15 is 0 Å². The second-order valence-electron chi connectivity index (χ2n) is 15.9. The number of anilines is 6. The number of benzene rings is 5. The van der Waals surface area contributed by atoms with E-state index in [1.165, 1.54) is 55.8 Å². The largest absolute Gasteiger partial charge is 0.486 e. The minimum Gasteiger partial charge on any atom is -0.486 e. The molecule has 4 nitrogen and oxygen atoms in total. The van der Waals surface area contributed by atoms with Crippen LogP contribution in [0.4, 0.5) is 34.1 Å². The molecule has 0 radical (unpaired) electrons. The van der Waals surface area contributed by atoms with Crippen molar-refractivity contribution >= 4 is 57.2 Å². The molecule has 0 unspecified atom stereocenters. The molecule has 0 aromatic heterocycles. The number of hydrogen-bond donors (Lipinski definition) is 0. The zero-order valence-electron chi connectivity index (χ0n) is 29.5. The third-order valence-corrected chi connectivity index (χ3v) is 10.3. The summed E-state index contributed by atoms with van der Waals surface area (Å²) < 4.78 is 12.5. The quantitative estimate of drug-likeness (QED) is 0.181. The molecule has 8 rings (SSSR count). The van der Waals surface area contributed by atoms with E-state index in [1.807, 2.05) is 0 Å². The predicted octanol–water partition coefficient (Wildman–Crippen LogP) is 9.26. The molecule has 0 atom stereocenters. The van der Waals surface area contributed by atoms with Gasteiger partial charge in [-0.15, -0.1) is 0 Å². The maximum absolute atomic E-state index is 6.25. The van der Waals surface area contributed by atoms with Gasteiger partial charge in [-0.05, 0) is 98.4 Å². The van der Waals surface area contributed by atoms with Gasteiger partial charge in [0.15, 0.2) is 11.5 Å². The number of para-hydroxylation sites is 1. The summed E-state index contributed by atoms with van der Waals surface area (Å²) in [6.07, 6.45) is 0. The Balaban J connectivity index is 1.48. The third kappa shape index (κ3) is 4.89. The van der Waals surface area contributed by atoms with E-state index in [2.05, 4.69) is 162 Å². The molecule has 3 heterocycles. The fourth-order valence-electron chi connectivity index (χ4n) is 7.60. The first-order valence-corrected chi connectivity index (χ1v) is 17.4. The minimum atomic E-state index is -0.000795. The molecule has 0 saturated carbocycles. The minimum absolute atomic E-state index is 0.000795. The van der Waals surface area contributed by atoms with E-state index in [9.17, 15) is 0 Å². The van der Waals surface area contributed by atoms with Gasteiger partial charge in [0, 0.05) is 40.2 Å². The van der Waals surface area contributed by atoms with Gasteiger partial charge >= 0.3 is 0 Å². The van der Waals surface area contributed by atoms with Crippen LogP contribution >= 0.6 is 0 Å². The summed E-state index contributed by atoms with van der Waals surface area (Å²) in [7, 11) is 0. The summed E-state index contributed by atoms with van der Waals surface area (Å²) in [5.74, 6) is 1.98. The first-order chi connectivity index (χ1) is 22.9. The number of hydrogen-bond acceptors (Lipinski definition) is 4. The van der Waals surface area contributed by atoms with Gasteiger partial charge in [-0.25, -0.2) is 0 Å². The zero-order chi connectivity index (χ0) is 33.5. The van der Waals surface area contributed by atoms with Crippen molar-refractivity contribution in [1.29, 1.82) is 0 Å². The van der Waals surface area contributed by atoms with Gasteiger partial charge in [0.05, 0.1) is 0 Å². The van der Waals surface area contributed by atoms with Crippen LogP contribution in [-0.2, 0) is 10.8 Å². The number of nitrogens with zero attached hydrogens (tertiary/aromatic N) is 2. The van der Waals surface area contributed by atoms with E-state index in [-0.39, 0.29) is 17.5 Å². The van der Waals surface area contributed by atoms with E-state index < -0.39 is 0 Å². The highest BCUT2D eigenvalue weighted by molar-refractivity contribution is 7.00. The number of rotatable bonds is 3. The van der Waals surface area contributed by atoms with Crippen LogP contribution in [0.15, 0.2) is 97.1 Å². The summed E-state index contributed by atoms with van der Waals surface area (Å²) in [6, 6.07) is 36.5. The fourth-order valence-corrected chi connectivity index (χ4v) is 7.60. The molecule has 0 amide bonds. The Bertz CT molecular complexity index is 2040. The van der Waals surface area contributed by atoms with E-state index in [0.717, 1.165) is 22.9 Å². The highest BCUT2D eigenvalue weighted by atomic mass is 16.6. The van der Waals surface area contributed by atoms with Gasteiger partial charge in [-0.3, -0.25) is 0 Å². The second-order valence-corrected chi connectivity index (χ2v) is 15.9. The Morgan fingerprint density at radius 1 is 0.562 bits per heavy atom. The normalized spacial score (nSPS) is 14.9. The molecule has 0 fully saturated rings. The Labute approximate surface area is 286 Å². The summed E-state index contributed by atoms with van der Waals surface area (Å²) in [5.41, 5.74) is 15.1. The van der Waals surface area contributed by atoms with Crippen LogP contribution in [0.25, 0.3) is 0 Å². The molecule has 242 valence electrons. The lowest BCUT2D eigenvalue weighted by Gasteiger charge is -2.45. The Hall–Kier alpha value is -4.64. The van der Waals surface area contributed by atoms with Crippen LogP contribution in [0, 0.1) is 0 Å². The third-order valence-electron chi connectivity index (χ3n) is 10.3. The van der Waals surface area contributed by atoms with Crippen molar-refractivity contribution in [3.8, 4) is 11.5 Å². The van der Waals surface area contributed by atoms with Crippen molar-refractivity contribution in [3.63, 3.8) is 0 Å². The summed E-state index contributed by atoms with van der Waals surface area (Å²) in [6.45, 7) is 19.5. The van der Waals surface area contributed by atoms with Crippen molar-refractivity contribution in [2.75, 3.05) is 23.0 Å². The Kier molecular flexibility index (Phi) is 7.00. The smallest absolute Gasteiger partial charge is 0.252 e. The first kappa shape index (κ1) is 30.7. The van der Waals surface area contributed by atoms with Crippen LogP contribution in [0.1, 0.15) is 78.0 Å². The Morgan fingerprint density at radius 2 is 1.10 bits per heavy atom. The highest BCUT2D eigenvalue weighted by Crippen LogP contribution is 2.47. The van der Waals surface area contributed by atoms with Gasteiger partial charge in [0.1, 0.15) is 13.2 Å². The molecule has 5 aromatic carbocycles. The zero-order valence-corrected chi connectivity index (χ0v) is 29.5. The molecule has 3 aliphatic rings. The number of ether oxygens (including phenoxy) is 2. The Morgan fingerprint density at radius 3 is 1.71 bits per heavy atom. The van der Waals surface area contributed by atoms with Crippen molar-refractivity contribution in [3.05, 3.63) is 114 Å². The van der Waals surface area contributed by atoms with Crippen molar-refractivity contribution in [2.45, 2.75) is 72.1 Å². The van der Waals surface area contributed by atoms with Crippen molar-refractivity contribution in [1.82, 2.24) is 0 Å². The van der Waals surface area contributed by atoms with Crippen LogP contribution in [-0.4, -0.2) is 19.9 Å². The van der Waals surface area contributed by atoms with E-state index in [4.69, 9.17) is 9.47 Å². The lowest BCUT2D eigenvalue weighted by atomic mass is 9.33. The average molecular weight is 633 g/mol.